The Hall–Kier alpha value is -1.23. The standard InChI is InChI=1S/C13H16F3NO/c14-13(15,16)10-6-4-5-9(11(10)18)12(17)7-2-1-3-8-12/h4-6,18H,1-3,7-8,17H2. The molecule has 0 radical (unpaired) electrons. The molecule has 18 heavy (non-hydrogen) atoms. The van der Waals surface area contributed by atoms with Crippen LogP contribution in [-0.4, -0.2) is 5.11 Å². The van der Waals surface area contributed by atoms with E-state index in [4.69, 9.17) is 5.73 Å². The van der Waals surface area contributed by atoms with E-state index in [0.29, 0.717) is 12.8 Å². The molecule has 1 aliphatic carbocycles. The van der Waals surface area contributed by atoms with Crippen LogP contribution < -0.4 is 5.73 Å². The van der Waals surface area contributed by atoms with E-state index in [1.165, 1.54) is 12.1 Å². The van der Waals surface area contributed by atoms with Crippen molar-refractivity contribution in [3.63, 3.8) is 0 Å². The van der Waals surface area contributed by atoms with Crippen molar-refractivity contribution in [1.82, 2.24) is 0 Å². The highest BCUT2D eigenvalue weighted by Gasteiger charge is 2.38. The van der Waals surface area contributed by atoms with E-state index < -0.39 is 23.0 Å². The number of benzene rings is 1. The lowest BCUT2D eigenvalue weighted by molar-refractivity contribution is -0.138. The van der Waals surface area contributed by atoms with E-state index >= 15 is 0 Å². The highest BCUT2D eigenvalue weighted by atomic mass is 19.4. The van der Waals surface area contributed by atoms with Crippen molar-refractivity contribution in [3.05, 3.63) is 29.3 Å². The van der Waals surface area contributed by atoms with Gasteiger partial charge in [0.25, 0.3) is 0 Å². The zero-order valence-electron chi connectivity index (χ0n) is 9.93. The lowest BCUT2D eigenvalue weighted by Gasteiger charge is -2.34. The molecule has 1 aromatic carbocycles. The van der Waals surface area contributed by atoms with E-state index in [0.717, 1.165) is 25.3 Å². The lowest BCUT2D eigenvalue weighted by atomic mass is 9.76. The number of hydrogen-bond acceptors (Lipinski definition) is 2. The van der Waals surface area contributed by atoms with Crippen LogP contribution in [0, 0.1) is 0 Å². The summed E-state index contributed by atoms with van der Waals surface area (Å²) in [6.45, 7) is 0. The van der Waals surface area contributed by atoms with Crippen LogP contribution in [0.25, 0.3) is 0 Å². The van der Waals surface area contributed by atoms with Crippen molar-refractivity contribution in [1.29, 1.82) is 0 Å². The van der Waals surface area contributed by atoms with Gasteiger partial charge in [0.05, 0.1) is 5.56 Å². The number of nitrogens with two attached hydrogens (primary N) is 1. The molecule has 0 heterocycles. The molecule has 1 saturated carbocycles. The molecule has 0 spiro atoms. The summed E-state index contributed by atoms with van der Waals surface area (Å²) in [5.41, 5.74) is 4.55. The van der Waals surface area contributed by atoms with Crippen molar-refractivity contribution < 1.29 is 18.3 Å². The molecule has 0 aromatic heterocycles. The number of hydrogen-bond donors (Lipinski definition) is 2. The maximum atomic E-state index is 12.7. The zero-order chi connectivity index (χ0) is 13.4. The average molecular weight is 259 g/mol. The Bertz CT molecular complexity index is 436. The van der Waals surface area contributed by atoms with E-state index in [2.05, 4.69) is 0 Å². The first-order valence-corrected chi connectivity index (χ1v) is 6.03. The summed E-state index contributed by atoms with van der Waals surface area (Å²) in [6, 6.07) is 3.68. The quantitative estimate of drug-likeness (QED) is 0.810. The molecule has 0 unspecified atom stereocenters. The van der Waals surface area contributed by atoms with Crippen molar-refractivity contribution in [2.24, 2.45) is 5.73 Å². The van der Waals surface area contributed by atoms with E-state index in [9.17, 15) is 18.3 Å². The first kappa shape index (κ1) is 13.2. The molecule has 0 saturated heterocycles. The second-order valence-electron chi connectivity index (χ2n) is 4.92. The Morgan fingerprint density at radius 1 is 1.11 bits per heavy atom. The van der Waals surface area contributed by atoms with Gasteiger partial charge in [-0.05, 0) is 18.9 Å². The normalized spacial score (nSPS) is 19.8. The summed E-state index contributed by atoms with van der Waals surface area (Å²) in [5.74, 6) is -0.714. The van der Waals surface area contributed by atoms with Crippen LogP contribution in [0.2, 0.25) is 0 Å². The van der Waals surface area contributed by atoms with Crippen LogP contribution in [0.15, 0.2) is 18.2 Å². The van der Waals surface area contributed by atoms with Gasteiger partial charge in [0, 0.05) is 11.1 Å². The number of halogens is 3. The summed E-state index contributed by atoms with van der Waals surface area (Å²) >= 11 is 0. The highest BCUT2D eigenvalue weighted by molar-refractivity contribution is 5.46. The second-order valence-corrected chi connectivity index (χ2v) is 4.92. The van der Waals surface area contributed by atoms with Gasteiger partial charge in [-0.3, -0.25) is 0 Å². The Morgan fingerprint density at radius 3 is 2.28 bits per heavy atom. The smallest absolute Gasteiger partial charge is 0.419 e. The average Bonchev–Trinajstić information content (AvgIpc) is 2.28. The summed E-state index contributed by atoms with van der Waals surface area (Å²) in [6.07, 6.45) is -0.522. The molecule has 0 aliphatic heterocycles. The fourth-order valence-corrected chi connectivity index (χ4v) is 2.63. The maximum absolute atomic E-state index is 12.7. The van der Waals surface area contributed by atoms with Gasteiger partial charge in [-0.25, -0.2) is 0 Å². The molecule has 1 aliphatic rings. The first-order chi connectivity index (χ1) is 8.34. The molecule has 0 atom stereocenters. The molecule has 100 valence electrons. The summed E-state index contributed by atoms with van der Waals surface area (Å²) in [4.78, 5) is 0. The number of phenolic OH excluding ortho intramolecular Hbond substituents is 1. The van der Waals surface area contributed by atoms with Gasteiger partial charge >= 0.3 is 6.18 Å². The monoisotopic (exact) mass is 259 g/mol. The largest absolute Gasteiger partial charge is 0.507 e. The number of aromatic hydroxyl groups is 1. The zero-order valence-corrected chi connectivity index (χ0v) is 9.93. The van der Waals surface area contributed by atoms with E-state index in [-0.39, 0.29) is 5.56 Å². The summed E-state index contributed by atoms with van der Waals surface area (Å²) in [5, 5.41) is 9.84. The van der Waals surface area contributed by atoms with Gasteiger partial charge < -0.3 is 10.8 Å². The number of para-hydroxylation sites is 1. The first-order valence-electron chi connectivity index (χ1n) is 6.03. The summed E-state index contributed by atoms with van der Waals surface area (Å²) < 4.78 is 38.2. The molecule has 0 bridgehead atoms. The van der Waals surface area contributed by atoms with Gasteiger partial charge in [0.15, 0.2) is 0 Å². The molecular formula is C13H16F3NO. The van der Waals surface area contributed by atoms with Crippen LogP contribution in [0.5, 0.6) is 5.75 Å². The minimum atomic E-state index is -4.55. The number of phenols is 1. The van der Waals surface area contributed by atoms with Crippen molar-refractivity contribution in [2.75, 3.05) is 0 Å². The van der Waals surface area contributed by atoms with Crippen LogP contribution in [0.1, 0.15) is 43.2 Å². The van der Waals surface area contributed by atoms with E-state index in [1.807, 2.05) is 0 Å². The lowest BCUT2D eigenvalue weighted by Crippen LogP contribution is -2.38. The molecular weight excluding hydrogens is 243 g/mol. The number of rotatable bonds is 1. The third-order valence-electron chi connectivity index (χ3n) is 3.62. The predicted octanol–water partition coefficient (Wildman–Crippen LogP) is 3.53. The third kappa shape index (κ3) is 2.32. The third-order valence-corrected chi connectivity index (χ3v) is 3.62. The molecule has 1 fully saturated rings. The van der Waals surface area contributed by atoms with Gasteiger partial charge in [0.2, 0.25) is 0 Å². The molecule has 5 heteroatoms. The minimum absolute atomic E-state index is 0.219. The molecule has 1 aromatic rings. The maximum Gasteiger partial charge on any atom is 0.419 e. The van der Waals surface area contributed by atoms with E-state index in [1.54, 1.807) is 0 Å². The van der Waals surface area contributed by atoms with Crippen LogP contribution in [-0.2, 0) is 11.7 Å². The highest BCUT2D eigenvalue weighted by Crippen LogP contribution is 2.44. The molecule has 3 N–H and O–H groups in total. The van der Waals surface area contributed by atoms with Crippen molar-refractivity contribution >= 4 is 0 Å². The van der Waals surface area contributed by atoms with Gasteiger partial charge in [-0.1, -0.05) is 31.4 Å². The Labute approximate surface area is 104 Å². The van der Waals surface area contributed by atoms with Crippen molar-refractivity contribution in [3.8, 4) is 5.75 Å². The molecule has 0 amide bonds. The minimum Gasteiger partial charge on any atom is -0.507 e. The second kappa shape index (κ2) is 4.46. The van der Waals surface area contributed by atoms with Crippen molar-refractivity contribution in [2.45, 2.75) is 43.8 Å². The van der Waals surface area contributed by atoms with Crippen LogP contribution >= 0.6 is 0 Å². The van der Waals surface area contributed by atoms with Crippen LogP contribution in [0.3, 0.4) is 0 Å². The van der Waals surface area contributed by atoms with Gasteiger partial charge in [-0.15, -0.1) is 0 Å². The van der Waals surface area contributed by atoms with Gasteiger partial charge in [-0.2, -0.15) is 13.2 Å². The fraction of sp³-hybridized carbons (Fsp3) is 0.538. The Morgan fingerprint density at radius 2 is 1.72 bits per heavy atom. The number of alkyl halides is 3. The predicted molar refractivity (Wildman–Crippen MR) is 62.1 cm³/mol. The van der Waals surface area contributed by atoms with Gasteiger partial charge in [0.1, 0.15) is 5.75 Å². The summed E-state index contributed by atoms with van der Waals surface area (Å²) in [7, 11) is 0. The Balaban J connectivity index is 2.45. The molecule has 2 rings (SSSR count). The van der Waals surface area contributed by atoms with Crippen LogP contribution in [0.4, 0.5) is 13.2 Å². The topological polar surface area (TPSA) is 46.2 Å². The Kier molecular flexibility index (Phi) is 3.27. The molecule has 2 nitrogen and oxygen atoms in total. The SMILES string of the molecule is NC1(c2cccc(C(F)(F)F)c2O)CCCCC1. The fourth-order valence-electron chi connectivity index (χ4n) is 2.63.